The maximum Gasteiger partial charge on any atom is 0.416 e. The first-order chi connectivity index (χ1) is 14.9. The van der Waals surface area contributed by atoms with Crippen molar-refractivity contribution in [1.82, 2.24) is 5.32 Å². The van der Waals surface area contributed by atoms with Gasteiger partial charge in [-0.2, -0.15) is 13.2 Å². The minimum atomic E-state index is -4.39. The number of para-hydroxylation sites is 1. The molecule has 2 aromatic rings. The summed E-state index contributed by atoms with van der Waals surface area (Å²) in [4.78, 5) is 17.6. The molecule has 2 fully saturated rings. The van der Waals surface area contributed by atoms with Crippen LogP contribution in [0.5, 0.6) is 0 Å². The predicted octanol–water partition coefficient (Wildman–Crippen LogP) is 4.10. The van der Waals surface area contributed by atoms with Gasteiger partial charge in [-0.1, -0.05) is 18.2 Å². The van der Waals surface area contributed by atoms with Crippen LogP contribution in [0, 0.1) is 11.8 Å². The Morgan fingerprint density at radius 2 is 1.84 bits per heavy atom. The molecule has 0 spiro atoms. The second-order valence-corrected chi connectivity index (χ2v) is 8.88. The van der Waals surface area contributed by atoms with E-state index in [2.05, 4.69) is 27.2 Å². The average Bonchev–Trinajstić information content (AvgIpc) is 3.60. The molecule has 1 saturated heterocycles. The van der Waals surface area contributed by atoms with E-state index >= 15 is 0 Å². The Hall–Kier alpha value is -2.70. The molecule has 31 heavy (non-hydrogen) atoms. The lowest BCUT2D eigenvalue weighted by molar-refractivity contribution is -0.137. The summed E-state index contributed by atoms with van der Waals surface area (Å²) < 4.78 is 39.9. The average molecular weight is 429 g/mol. The number of anilines is 2. The van der Waals surface area contributed by atoms with Crippen LogP contribution in [0.3, 0.4) is 0 Å². The van der Waals surface area contributed by atoms with Gasteiger partial charge >= 0.3 is 6.18 Å². The molecule has 2 atom stereocenters. The van der Waals surface area contributed by atoms with Crippen molar-refractivity contribution in [3.63, 3.8) is 0 Å². The zero-order chi connectivity index (χ0) is 21.6. The topological polar surface area (TPSA) is 35.6 Å². The second-order valence-electron chi connectivity index (χ2n) is 8.88. The number of benzene rings is 2. The van der Waals surface area contributed by atoms with Crippen LogP contribution in [-0.2, 0) is 17.4 Å². The third-order valence-electron chi connectivity index (χ3n) is 6.76. The minimum Gasteiger partial charge on any atom is -0.368 e. The number of piperazine rings is 1. The van der Waals surface area contributed by atoms with Gasteiger partial charge in [0.15, 0.2) is 0 Å². The number of carbonyl (C=O) groups excluding carboxylic acids is 1. The van der Waals surface area contributed by atoms with Gasteiger partial charge in [-0.3, -0.25) is 4.79 Å². The Morgan fingerprint density at radius 1 is 1.06 bits per heavy atom. The highest BCUT2D eigenvalue weighted by Gasteiger charge is 2.43. The number of amides is 1. The van der Waals surface area contributed by atoms with Crippen LogP contribution in [0.4, 0.5) is 24.5 Å². The SMILES string of the molecule is O=C(NCC1CC1)[C@@H]1Cc2cc(C(F)(F)F)ccc2N2CCN(c3ccccc3)C[C@@H]12. The zero-order valence-corrected chi connectivity index (χ0v) is 17.2. The molecule has 1 N–H and O–H groups in total. The van der Waals surface area contributed by atoms with Crippen LogP contribution in [0.2, 0.25) is 0 Å². The summed E-state index contributed by atoms with van der Waals surface area (Å²) in [6.07, 6.45) is -1.78. The first kappa shape index (κ1) is 20.2. The monoisotopic (exact) mass is 429 g/mol. The van der Waals surface area contributed by atoms with Crippen molar-refractivity contribution in [3.8, 4) is 0 Å². The van der Waals surface area contributed by atoms with Gasteiger partial charge < -0.3 is 15.1 Å². The number of nitrogens with zero attached hydrogens (tertiary/aromatic N) is 2. The summed E-state index contributed by atoms with van der Waals surface area (Å²) in [6, 6.07) is 14.0. The predicted molar refractivity (Wildman–Crippen MR) is 114 cm³/mol. The highest BCUT2D eigenvalue weighted by Crippen LogP contribution is 2.40. The van der Waals surface area contributed by atoms with Crippen LogP contribution in [0.25, 0.3) is 0 Å². The molecule has 0 bridgehead atoms. The summed E-state index contributed by atoms with van der Waals surface area (Å²) in [5.41, 5.74) is 1.91. The molecule has 0 radical (unpaired) electrons. The number of rotatable bonds is 4. The van der Waals surface area contributed by atoms with E-state index < -0.39 is 11.7 Å². The van der Waals surface area contributed by atoms with Gasteiger partial charge in [-0.05, 0) is 61.1 Å². The van der Waals surface area contributed by atoms with Crippen molar-refractivity contribution in [2.45, 2.75) is 31.5 Å². The fourth-order valence-corrected chi connectivity index (χ4v) is 4.87. The van der Waals surface area contributed by atoms with Gasteiger partial charge in [-0.15, -0.1) is 0 Å². The van der Waals surface area contributed by atoms with Crippen molar-refractivity contribution in [2.24, 2.45) is 11.8 Å². The lowest BCUT2D eigenvalue weighted by Gasteiger charge is -2.49. The van der Waals surface area contributed by atoms with E-state index in [0.717, 1.165) is 36.8 Å². The van der Waals surface area contributed by atoms with Gasteiger partial charge in [-0.25, -0.2) is 0 Å². The number of hydrogen-bond donors (Lipinski definition) is 1. The Morgan fingerprint density at radius 3 is 2.55 bits per heavy atom. The standard InChI is InChI=1S/C24H26F3N3O/c25-24(26,27)18-8-9-21-17(12-18)13-20(23(31)28-14-16-6-7-16)22-15-29(10-11-30(21)22)19-4-2-1-3-5-19/h1-5,8-9,12,16,20,22H,6-7,10-11,13-15H2,(H,28,31)/t20-,22+/m1/s1. The number of hydrogen-bond acceptors (Lipinski definition) is 3. The van der Waals surface area contributed by atoms with Crippen molar-refractivity contribution >= 4 is 17.3 Å². The number of carbonyl (C=O) groups is 1. The molecule has 2 aliphatic heterocycles. The van der Waals surface area contributed by atoms with Gasteiger partial charge in [0, 0.05) is 37.6 Å². The molecule has 164 valence electrons. The van der Waals surface area contributed by atoms with Crippen molar-refractivity contribution in [1.29, 1.82) is 0 Å². The molecule has 1 saturated carbocycles. The summed E-state index contributed by atoms with van der Waals surface area (Å²) in [5, 5.41) is 3.07. The maximum atomic E-state index is 13.3. The van der Waals surface area contributed by atoms with Crippen molar-refractivity contribution in [2.75, 3.05) is 36.0 Å². The highest BCUT2D eigenvalue weighted by atomic mass is 19.4. The van der Waals surface area contributed by atoms with Gasteiger partial charge in [0.2, 0.25) is 5.91 Å². The molecule has 2 aromatic carbocycles. The lowest BCUT2D eigenvalue weighted by atomic mass is 9.82. The first-order valence-corrected chi connectivity index (χ1v) is 10.9. The Balaban J connectivity index is 1.45. The van der Waals surface area contributed by atoms with E-state index in [1.807, 2.05) is 18.2 Å². The van der Waals surface area contributed by atoms with Crippen molar-refractivity contribution < 1.29 is 18.0 Å². The molecule has 0 unspecified atom stereocenters. The van der Waals surface area contributed by atoms with E-state index in [9.17, 15) is 18.0 Å². The van der Waals surface area contributed by atoms with E-state index in [0.29, 0.717) is 37.5 Å². The highest BCUT2D eigenvalue weighted by molar-refractivity contribution is 5.82. The summed E-state index contributed by atoms with van der Waals surface area (Å²) in [7, 11) is 0. The summed E-state index contributed by atoms with van der Waals surface area (Å²) >= 11 is 0. The summed E-state index contributed by atoms with van der Waals surface area (Å²) in [6.45, 7) is 2.77. The molecule has 1 aliphatic carbocycles. The van der Waals surface area contributed by atoms with Gasteiger partial charge in [0.05, 0.1) is 17.5 Å². The van der Waals surface area contributed by atoms with Crippen LogP contribution >= 0.6 is 0 Å². The molecule has 1 amide bonds. The molecule has 2 heterocycles. The van der Waals surface area contributed by atoms with E-state index in [-0.39, 0.29) is 17.9 Å². The third-order valence-corrected chi connectivity index (χ3v) is 6.76. The third kappa shape index (κ3) is 4.10. The number of halogens is 3. The summed E-state index contributed by atoms with van der Waals surface area (Å²) in [5.74, 6) is 0.140. The van der Waals surface area contributed by atoms with Gasteiger partial charge in [0.25, 0.3) is 0 Å². The lowest BCUT2D eigenvalue weighted by Crippen LogP contribution is -2.61. The molecular formula is C24H26F3N3O. The molecule has 4 nitrogen and oxygen atoms in total. The molecule has 7 heteroatoms. The van der Waals surface area contributed by atoms with Crippen LogP contribution in [0.15, 0.2) is 48.5 Å². The largest absolute Gasteiger partial charge is 0.416 e. The maximum absolute atomic E-state index is 13.3. The smallest absolute Gasteiger partial charge is 0.368 e. The fourth-order valence-electron chi connectivity index (χ4n) is 4.87. The van der Waals surface area contributed by atoms with E-state index in [4.69, 9.17) is 0 Å². The van der Waals surface area contributed by atoms with Crippen LogP contribution in [-0.4, -0.2) is 38.1 Å². The Labute approximate surface area is 180 Å². The number of fused-ring (bicyclic) bond motifs is 3. The molecular weight excluding hydrogens is 403 g/mol. The molecule has 3 aliphatic rings. The minimum absolute atomic E-state index is 0.0418. The first-order valence-electron chi connectivity index (χ1n) is 10.9. The normalized spacial score (nSPS) is 23.2. The van der Waals surface area contributed by atoms with E-state index in [1.54, 1.807) is 6.07 Å². The van der Waals surface area contributed by atoms with Gasteiger partial charge in [0.1, 0.15) is 0 Å². The fraction of sp³-hybridized carbons (Fsp3) is 0.458. The molecule has 5 rings (SSSR count). The Kier molecular flexibility index (Phi) is 5.07. The number of nitrogens with one attached hydrogen (secondary N) is 1. The quantitative estimate of drug-likeness (QED) is 0.795. The second kappa shape index (κ2) is 7.77. The number of alkyl halides is 3. The van der Waals surface area contributed by atoms with E-state index in [1.165, 1.54) is 6.07 Å². The van der Waals surface area contributed by atoms with Crippen LogP contribution in [0.1, 0.15) is 24.0 Å². The molecule has 0 aromatic heterocycles. The zero-order valence-electron chi connectivity index (χ0n) is 17.2. The van der Waals surface area contributed by atoms with Crippen molar-refractivity contribution in [3.05, 3.63) is 59.7 Å². The Bertz CT molecular complexity index is 958. The van der Waals surface area contributed by atoms with Crippen LogP contribution < -0.4 is 15.1 Å².